The molecular formula is C4H9ReRf-. The third-order valence-corrected chi connectivity index (χ3v) is 0.408. The van der Waals surface area contributed by atoms with E-state index in [2.05, 4.69) is 20.3 Å². The van der Waals surface area contributed by atoms with Crippen molar-refractivity contribution in [1.82, 2.24) is 0 Å². The van der Waals surface area contributed by atoms with Gasteiger partial charge in [0.2, 0.25) is 0 Å². The monoisotopic (exact) mass is 511 g/mol. The molecule has 2 heteroatoms. The summed E-state index contributed by atoms with van der Waals surface area (Å²) in [6.45, 7) is 4.18. The Kier molecular flexibility index (Phi) is 65.5. The van der Waals surface area contributed by atoms with Gasteiger partial charge in [-0.25, -0.2) is 0 Å². The zero-order chi connectivity index (χ0) is 3.41. The minimum absolute atomic E-state index is 0. The van der Waals surface area contributed by atoms with Crippen molar-refractivity contribution in [3.63, 3.8) is 0 Å². The van der Waals surface area contributed by atoms with Crippen LogP contribution in [0.4, 0.5) is 0 Å². The molecule has 0 aromatic carbocycles. The van der Waals surface area contributed by atoms with Crippen molar-refractivity contribution in [1.29, 1.82) is 0 Å². The van der Waals surface area contributed by atoms with Gasteiger partial charge in [-0.15, -0.1) is 0 Å². The summed E-state index contributed by atoms with van der Waals surface area (Å²) in [5.41, 5.74) is 0. The largest absolute Gasteiger partial charge is 0.332 e. The molecule has 0 aliphatic carbocycles. The minimum atomic E-state index is 0. The summed E-state index contributed by atoms with van der Waals surface area (Å²) in [6.07, 6.45) is 3.32. The second kappa shape index (κ2) is 22.6. The van der Waals surface area contributed by atoms with Crippen molar-refractivity contribution in [2.45, 2.75) is 20.3 Å². The fraction of sp³-hybridized carbons (Fsp3) is 0.750. The summed E-state index contributed by atoms with van der Waals surface area (Å²) in [7, 11) is 0. The van der Waals surface area contributed by atoms with Gasteiger partial charge in [-0.1, -0.05) is 6.92 Å². The van der Waals surface area contributed by atoms with E-state index in [0.717, 1.165) is 0 Å². The second-order valence-corrected chi connectivity index (χ2v) is 0.816. The standard InChI is InChI=1S/C4H9.Re.Rf/c1-3-4-2;;/h3H,4H2,1-2H3;;/q-1;;. The molecule has 0 aromatic heterocycles. The van der Waals surface area contributed by atoms with Crippen LogP contribution in [0.25, 0.3) is 0 Å². The first-order valence-corrected chi connectivity index (χ1v) is 1.69. The molecule has 0 amide bonds. The van der Waals surface area contributed by atoms with E-state index in [9.17, 15) is 0 Å². The summed E-state index contributed by atoms with van der Waals surface area (Å²) in [4.78, 5) is 0. The SMILES string of the molecule is C[CH-]CC.[Re].[Rf]. The van der Waals surface area contributed by atoms with Crippen LogP contribution in [0.1, 0.15) is 20.3 Å². The number of hydrogen-bond donors (Lipinski definition) is 0. The van der Waals surface area contributed by atoms with Crippen LogP contribution in [0.3, 0.4) is 0 Å². The summed E-state index contributed by atoms with van der Waals surface area (Å²) >= 11 is 0. The van der Waals surface area contributed by atoms with Crippen molar-refractivity contribution in [3.8, 4) is 0 Å². The van der Waals surface area contributed by atoms with Gasteiger partial charge in [0.05, 0.1) is 0 Å². The molecule has 0 saturated heterocycles. The van der Waals surface area contributed by atoms with Crippen LogP contribution < -0.4 is 0 Å². The van der Waals surface area contributed by atoms with E-state index < -0.39 is 0 Å². The molecule has 0 unspecified atom stereocenters. The van der Waals surface area contributed by atoms with Crippen LogP contribution in [0.2, 0.25) is 0 Å². The average molecular weight is 510 g/mol. The zero-order valence-corrected chi connectivity index (χ0v) is 13.5. The van der Waals surface area contributed by atoms with E-state index >= 15 is 0 Å². The summed E-state index contributed by atoms with van der Waals surface area (Å²) in [6, 6.07) is 0. The van der Waals surface area contributed by atoms with Gasteiger partial charge in [-0.2, -0.15) is 13.3 Å². The predicted molar refractivity (Wildman–Crippen MR) is 20.3 cm³/mol. The third kappa shape index (κ3) is 59.2. The molecule has 0 N–H and O–H groups in total. The number of rotatable bonds is 1. The van der Waals surface area contributed by atoms with E-state index in [-0.39, 0.29) is 20.4 Å². The molecular weight excluding hydrogens is 501 g/mol. The first-order chi connectivity index (χ1) is 1.91. The smallest absolute Gasteiger partial charge is 0 e. The van der Waals surface area contributed by atoms with Gasteiger partial charge in [0.1, 0.15) is 0 Å². The Labute approximate surface area is 47.6 Å². The normalized spacial score (nSPS) is 5.00. The fourth-order valence-electron chi connectivity index (χ4n) is 0. The Morgan fingerprint density at radius 3 is 1.67 bits per heavy atom. The van der Waals surface area contributed by atoms with Crippen LogP contribution in [-0.4, -0.2) is 0 Å². The number of hydrogen-bond acceptors (Lipinski definition) is 0. The minimum Gasteiger partial charge on any atom is -0.332 e. The first kappa shape index (κ1) is 17.4. The molecule has 0 aliphatic rings. The van der Waals surface area contributed by atoms with Crippen molar-refractivity contribution < 1.29 is 20.4 Å². The van der Waals surface area contributed by atoms with Gasteiger partial charge < -0.3 is 6.42 Å². The van der Waals surface area contributed by atoms with Crippen LogP contribution in [0.5, 0.6) is 0 Å². The van der Waals surface area contributed by atoms with Crippen LogP contribution in [0, 0.1) is 6.42 Å². The molecule has 0 atom stereocenters. The molecule has 1 radical (unpaired) electrons. The van der Waals surface area contributed by atoms with Gasteiger partial charge in [0.25, 0.3) is 0 Å². The Bertz CT molecular complexity index is 9.51. The molecule has 0 spiro atoms. The molecule has 0 aliphatic heterocycles. The molecule has 0 heterocycles. The van der Waals surface area contributed by atoms with Gasteiger partial charge in [0, 0.05) is 20.4 Å². The van der Waals surface area contributed by atoms with Crippen LogP contribution >= 0.6 is 0 Å². The average Bonchev–Trinajstić information content (AvgIpc) is 1.37. The maximum Gasteiger partial charge on any atom is 0 e. The summed E-state index contributed by atoms with van der Waals surface area (Å²) < 4.78 is 0. The molecule has 0 bridgehead atoms. The Morgan fingerprint density at radius 1 is 1.50 bits per heavy atom. The molecule has 35 valence electrons. The number of unbranched alkanes of at least 4 members (excludes halogenated alkanes) is 1. The van der Waals surface area contributed by atoms with Crippen molar-refractivity contribution >= 4 is 0 Å². The third-order valence-electron chi connectivity index (χ3n) is 0.408. The molecule has 0 aromatic rings. The van der Waals surface area contributed by atoms with Crippen molar-refractivity contribution in [2.24, 2.45) is 0 Å². The topological polar surface area (TPSA) is 0 Å². The maximum absolute atomic E-state index is 2.12. The molecule has 0 rings (SSSR count). The molecule has 0 nitrogen and oxygen atoms in total. The second-order valence-electron chi connectivity index (χ2n) is 0.816. The van der Waals surface area contributed by atoms with Gasteiger partial charge in [0.15, 0.2) is 0 Å². The first-order valence-electron chi connectivity index (χ1n) is 1.69. The molecule has 0 saturated carbocycles. The van der Waals surface area contributed by atoms with E-state index in [1.165, 1.54) is 6.42 Å². The predicted octanol–water partition coefficient (Wildman–Crippen LogP) is 1.62. The van der Waals surface area contributed by atoms with E-state index in [1.54, 1.807) is 0 Å². The van der Waals surface area contributed by atoms with E-state index in [4.69, 9.17) is 0 Å². The van der Waals surface area contributed by atoms with Crippen LogP contribution in [-0.2, 0) is 20.4 Å². The van der Waals surface area contributed by atoms with Crippen LogP contribution in [0.15, 0.2) is 0 Å². The Balaban J connectivity index is -0.0000000450. The van der Waals surface area contributed by atoms with Gasteiger partial charge in [-0.05, 0) is 0 Å². The Hall–Kier alpha value is -0.338. The summed E-state index contributed by atoms with van der Waals surface area (Å²) in [5, 5.41) is 0. The van der Waals surface area contributed by atoms with Crippen molar-refractivity contribution in [2.75, 3.05) is 0 Å². The van der Waals surface area contributed by atoms with Gasteiger partial charge in [-0.3, -0.25) is 0 Å². The quantitative estimate of drug-likeness (QED) is 0.471. The van der Waals surface area contributed by atoms with E-state index in [1.807, 2.05) is 0 Å². The molecule has 6 heavy (non-hydrogen) atoms. The fourth-order valence-corrected chi connectivity index (χ4v) is 0. The van der Waals surface area contributed by atoms with Gasteiger partial charge >= 0.3 is 0 Å². The maximum atomic E-state index is 2.12. The van der Waals surface area contributed by atoms with E-state index in [0.29, 0.717) is 0 Å². The zero-order valence-electron chi connectivity index (χ0n) is 4.37. The summed E-state index contributed by atoms with van der Waals surface area (Å²) in [5.74, 6) is 0. The van der Waals surface area contributed by atoms with Crippen molar-refractivity contribution in [3.05, 3.63) is 6.42 Å². The molecule has 0 fully saturated rings. The Morgan fingerprint density at radius 2 is 1.67 bits per heavy atom.